The van der Waals surface area contributed by atoms with Crippen molar-refractivity contribution in [2.24, 2.45) is 0 Å². The van der Waals surface area contributed by atoms with Crippen molar-refractivity contribution < 1.29 is 19.8 Å². The number of carboxylic acids is 1. The predicted octanol–water partition coefficient (Wildman–Crippen LogP) is 1.76. The summed E-state index contributed by atoms with van der Waals surface area (Å²) in [5.41, 5.74) is 0.219. The Bertz CT molecular complexity index is 536. The van der Waals surface area contributed by atoms with E-state index in [1.165, 1.54) is 6.07 Å². The second kappa shape index (κ2) is 5.48. The number of β-amino-alcohol motifs (C(OH)–C–C–N with tert-alkyl or cyclic N) is 1. The average Bonchev–Trinajstić information content (AvgIpc) is 2.74. The average molecular weight is 349 g/mol. The maximum absolute atomic E-state index is 12.3. The zero-order valence-electron chi connectivity index (χ0n) is 9.72. The van der Waals surface area contributed by atoms with Crippen molar-refractivity contribution in [3.63, 3.8) is 0 Å². The van der Waals surface area contributed by atoms with Crippen LogP contribution in [0.5, 0.6) is 0 Å². The van der Waals surface area contributed by atoms with Crippen LogP contribution >= 0.6 is 27.5 Å². The first-order valence-electron chi connectivity index (χ1n) is 5.57. The molecule has 1 saturated heterocycles. The van der Waals surface area contributed by atoms with Crippen molar-refractivity contribution in [2.75, 3.05) is 6.54 Å². The van der Waals surface area contributed by atoms with Gasteiger partial charge in [-0.25, -0.2) is 4.79 Å². The normalized spacial score (nSPS) is 22.6. The Balaban J connectivity index is 2.33. The highest BCUT2D eigenvalue weighted by molar-refractivity contribution is 9.10. The van der Waals surface area contributed by atoms with E-state index < -0.39 is 24.0 Å². The first-order valence-corrected chi connectivity index (χ1v) is 6.74. The number of hydrogen-bond acceptors (Lipinski definition) is 3. The molecule has 2 atom stereocenters. The summed E-state index contributed by atoms with van der Waals surface area (Å²) in [6, 6.07) is 3.84. The fraction of sp³-hybridized carbons (Fsp3) is 0.333. The number of likely N-dealkylation sites (tertiary alicyclic amines) is 1. The van der Waals surface area contributed by atoms with E-state index in [1.807, 2.05) is 0 Å². The highest BCUT2D eigenvalue weighted by Gasteiger charge is 2.39. The third-order valence-corrected chi connectivity index (χ3v) is 4.30. The second-order valence-electron chi connectivity index (χ2n) is 4.30. The van der Waals surface area contributed by atoms with Crippen LogP contribution in [-0.2, 0) is 4.79 Å². The summed E-state index contributed by atoms with van der Waals surface area (Å²) in [5, 5.41) is 18.8. The van der Waals surface area contributed by atoms with Crippen LogP contribution in [0.1, 0.15) is 16.8 Å². The minimum Gasteiger partial charge on any atom is -0.480 e. The van der Waals surface area contributed by atoms with Crippen LogP contribution in [0.3, 0.4) is 0 Å². The molecule has 2 N–H and O–H groups in total. The number of rotatable bonds is 2. The number of aliphatic hydroxyl groups excluding tert-OH is 1. The topological polar surface area (TPSA) is 77.8 Å². The third kappa shape index (κ3) is 2.75. The number of carbonyl (C=O) groups is 2. The van der Waals surface area contributed by atoms with Crippen molar-refractivity contribution in [2.45, 2.75) is 18.6 Å². The summed E-state index contributed by atoms with van der Waals surface area (Å²) in [7, 11) is 0. The zero-order chi connectivity index (χ0) is 14.2. The van der Waals surface area contributed by atoms with Crippen molar-refractivity contribution >= 4 is 39.4 Å². The quantitative estimate of drug-likeness (QED) is 0.854. The minimum atomic E-state index is -1.13. The summed E-state index contributed by atoms with van der Waals surface area (Å²) < 4.78 is 0.562. The first-order chi connectivity index (χ1) is 8.91. The maximum Gasteiger partial charge on any atom is 0.326 e. The molecule has 102 valence electrons. The third-order valence-electron chi connectivity index (χ3n) is 3.01. The van der Waals surface area contributed by atoms with Gasteiger partial charge in [-0.05, 0) is 28.1 Å². The molecule has 1 aromatic rings. The Hall–Kier alpha value is -1.11. The van der Waals surface area contributed by atoms with E-state index >= 15 is 0 Å². The molecule has 1 aliphatic heterocycles. The predicted molar refractivity (Wildman–Crippen MR) is 72.2 cm³/mol. The lowest BCUT2D eigenvalue weighted by Gasteiger charge is -2.21. The Labute approximate surface area is 122 Å². The van der Waals surface area contributed by atoms with Crippen molar-refractivity contribution in [1.82, 2.24) is 4.90 Å². The van der Waals surface area contributed by atoms with Crippen molar-refractivity contribution in [3.05, 3.63) is 33.3 Å². The molecule has 19 heavy (non-hydrogen) atoms. The van der Waals surface area contributed by atoms with Gasteiger partial charge in [0.2, 0.25) is 0 Å². The molecule has 0 aliphatic carbocycles. The Morgan fingerprint density at radius 1 is 1.42 bits per heavy atom. The number of nitrogens with zero attached hydrogens (tertiary/aromatic N) is 1. The fourth-order valence-corrected chi connectivity index (χ4v) is 2.67. The van der Waals surface area contributed by atoms with Crippen LogP contribution in [0.4, 0.5) is 0 Å². The zero-order valence-corrected chi connectivity index (χ0v) is 12.1. The van der Waals surface area contributed by atoms with Crippen LogP contribution in [-0.4, -0.2) is 45.7 Å². The number of carbonyl (C=O) groups excluding carboxylic acids is 1. The second-order valence-corrected chi connectivity index (χ2v) is 5.53. The SMILES string of the molecule is O=C(O)C1CC(O)CN1C(=O)c1cccc(Br)c1Cl. The number of aliphatic carboxylic acids is 1. The summed E-state index contributed by atoms with van der Waals surface area (Å²) in [6.07, 6.45) is -0.789. The molecule has 5 nitrogen and oxygen atoms in total. The molecule has 0 radical (unpaired) electrons. The smallest absolute Gasteiger partial charge is 0.326 e. The van der Waals surface area contributed by atoms with Crippen molar-refractivity contribution in [3.8, 4) is 0 Å². The molecule has 1 fully saturated rings. The van der Waals surface area contributed by atoms with Gasteiger partial charge < -0.3 is 15.1 Å². The van der Waals surface area contributed by atoms with Gasteiger partial charge in [-0.3, -0.25) is 4.79 Å². The summed E-state index contributed by atoms with van der Waals surface area (Å²) in [6.45, 7) is -0.00135. The molecule has 2 rings (SSSR count). The van der Waals surface area contributed by atoms with Crippen LogP contribution < -0.4 is 0 Å². The van der Waals surface area contributed by atoms with E-state index in [9.17, 15) is 14.7 Å². The fourth-order valence-electron chi connectivity index (χ4n) is 2.10. The number of benzene rings is 1. The molecule has 2 unspecified atom stereocenters. The molecule has 0 spiro atoms. The van der Waals surface area contributed by atoms with E-state index in [4.69, 9.17) is 16.7 Å². The molecule has 1 amide bonds. The highest BCUT2D eigenvalue weighted by Crippen LogP contribution is 2.29. The maximum atomic E-state index is 12.3. The summed E-state index contributed by atoms with van der Waals surface area (Å²) >= 11 is 9.24. The first kappa shape index (κ1) is 14.3. The Kier molecular flexibility index (Phi) is 4.13. The van der Waals surface area contributed by atoms with E-state index in [-0.39, 0.29) is 23.6 Å². The van der Waals surface area contributed by atoms with Crippen LogP contribution in [0.15, 0.2) is 22.7 Å². The van der Waals surface area contributed by atoms with Crippen LogP contribution in [0, 0.1) is 0 Å². The van der Waals surface area contributed by atoms with Crippen LogP contribution in [0.2, 0.25) is 5.02 Å². The number of hydrogen-bond donors (Lipinski definition) is 2. The molecule has 7 heteroatoms. The summed E-state index contributed by atoms with van der Waals surface area (Å²) in [4.78, 5) is 24.6. The number of halogens is 2. The molecule has 0 saturated carbocycles. The van der Waals surface area contributed by atoms with E-state index in [0.717, 1.165) is 4.90 Å². The molecular weight excluding hydrogens is 337 g/mol. The highest BCUT2D eigenvalue weighted by atomic mass is 79.9. The molecule has 0 aromatic heterocycles. The number of aliphatic hydroxyl groups is 1. The lowest BCUT2D eigenvalue weighted by molar-refractivity contribution is -0.141. The molecule has 0 bridgehead atoms. The van der Waals surface area contributed by atoms with Crippen molar-refractivity contribution in [1.29, 1.82) is 0 Å². The van der Waals surface area contributed by atoms with Gasteiger partial charge in [-0.1, -0.05) is 17.7 Å². The van der Waals surface area contributed by atoms with Gasteiger partial charge in [0.05, 0.1) is 16.7 Å². The largest absolute Gasteiger partial charge is 0.480 e. The van der Waals surface area contributed by atoms with E-state index in [1.54, 1.807) is 12.1 Å². The summed E-state index contributed by atoms with van der Waals surface area (Å²) in [5.74, 6) is -1.62. The molecule has 1 aliphatic rings. The molecular formula is C12H11BrClNO4. The van der Waals surface area contributed by atoms with Gasteiger partial charge >= 0.3 is 5.97 Å². The van der Waals surface area contributed by atoms with E-state index in [2.05, 4.69) is 15.9 Å². The number of amides is 1. The molecule has 1 heterocycles. The van der Waals surface area contributed by atoms with Gasteiger partial charge in [-0.15, -0.1) is 0 Å². The Morgan fingerprint density at radius 3 is 2.74 bits per heavy atom. The minimum absolute atomic E-state index is 0.00135. The standard InChI is InChI=1S/C12H11BrClNO4/c13-8-3-1-2-7(10(8)14)11(17)15-5-6(16)4-9(15)12(18)19/h1-3,6,9,16H,4-5H2,(H,18,19). The van der Waals surface area contributed by atoms with Crippen LogP contribution in [0.25, 0.3) is 0 Å². The lowest BCUT2D eigenvalue weighted by Crippen LogP contribution is -2.40. The van der Waals surface area contributed by atoms with Gasteiger partial charge in [0.1, 0.15) is 6.04 Å². The van der Waals surface area contributed by atoms with Gasteiger partial charge in [0, 0.05) is 17.4 Å². The molecule has 1 aromatic carbocycles. The van der Waals surface area contributed by atoms with Gasteiger partial charge in [0.15, 0.2) is 0 Å². The number of carboxylic acid groups (broad SMARTS) is 1. The lowest BCUT2D eigenvalue weighted by atomic mass is 10.1. The van der Waals surface area contributed by atoms with Gasteiger partial charge in [-0.2, -0.15) is 0 Å². The van der Waals surface area contributed by atoms with Gasteiger partial charge in [0.25, 0.3) is 5.91 Å². The Morgan fingerprint density at radius 2 is 2.11 bits per heavy atom. The van der Waals surface area contributed by atoms with E-state index in [0.29, 0.717) is 4.47 Å². The monoisotopic (exact) mass is 347 g/mol.